The fourth-order valence-corrected chi connectivity index (χ4v) is 2.81. The maximum Gasteiger partial charge on any atom is 0.339 e. The van der Waals surface area contributed by atoms with E-state index >= 15 is 0 Å². The van der Waals surface area contributed by atoms with E-state index in [1.54, 1.807) is 42.5 Å². The molecule has 0 saturated carbocycles. The standard InChI is InChI=1S/C17H15NO5S/c1-12(19)11-24-16-9-5-3-7-14(16)17(20)23-10-13-6-2-4-8-15(13)18(21)22/h2-9H,10-11H2,1H3. The van der Waals surface area contributed by atoms with Crippen LogP contribution in [0.25, 0.3) is 0 Å². The van der Waals surface area contributed by atoms with Crippen molar-refractivity contribution in [3.05, 3.63) is 69.8 Å². The minimum absolute atomic E-state index is 0.00285. The summed E-state index contributed by atoms with van der Waals surface area (Å²) in [5, 5.41) is 11.0. The number of nitro benzene ring substituents is 1. The highest BCUT2D eigenvalue weighted by Gasteiger charge is 2.17. The quantitative estimate of drug-likeness (QED) is 0.330. The number of thioether (sulfide) groups is 1. The summed E-state index contributed by atoms with van der Waals surface area (Å²) in [5.41, 5.74) is 0.566. The van der Waals surface area contributed by atoms with Gasteiger partial charge in [-0.05, 0) is 25.1 Å². The number of ether oxygens (including phenoxy) is 1. The molecule has 0 amide bonds. The van der Waals surface area contributed by atoms with E-state index in [-0.39, 0.29) is 23.8 Å². The normalized spacial score (nSPS) is 10.2. The number of para-hydroxylation sites is 1. The zero-order chi connectivity index (χ0) is 17.5. The first-order chi connectivity index (χ1) is 11.5. The number of esters is 1. The number of Topliss-reactive ketones (excluding diaryl/α,β-unsaturated/α-hetero) is 1. The Morgan fingerprint density at radius 1 is 1.12 bits per heavy atom. The van der Waals surface area contributed by atoms with E-state index in [0.29, 0.717) is 16.0 Å². The topological polar surface area (TPSA) is 86.5 Å². The zero-order valence-corrected chi connectivity index (χ0v) is 13.7. The molecule has 0 unspecified atom stereocenters. The predicted octanol–water partition coefficient (Wildman–Crippen LogP) is 3.63. The molecule has 0 saturated heterocycles. The van der Waals surface area contributed by atoms with Crippen LogP contribution in [0.5, 0.6) is 0 Å². The summed E-state index contributed by atoms with van der Waals surface area (Å²) < 4.78 is 5.21. The molecule has 0 atom stereocenters. The Morgan fingerprint density at radius 3 is 2.50 bits per heavy atom. The largest absolute Gasteiger partial charge is 0.457 e. The van der Waals surface area contributed by atoms with Gasteiger partial charge in [-0.3, -0.25) is 14.9 Å². The molecule has 0 heterocycles. The molecule has 0 N–H and O–H groups in total. The molecule has 2 aromatic rings. The van der Waals surface area contributed by atoms with Gasteiger partial charge in [-0.1, -0.05) is 24.3 Å². The van der Waals surface area contributed by atoms with Crippen LogP contribution in [-0.2, 0) is 16.1 Å². The summed E-state index contributed by atoms with van der Waals surface area (Å²) in [7, 11) is 0. The van der Waals surface area contributed by atoms with Crippen LogP contribution in [0.15, 0.2) is 53.4 Å². The molecule has 124 valence electrons. The molecule has 0 aliphatic carbocycles. The Kier molecular flexibility index (Phi) is 6.08. The van der Waals surface area contributed by atoms with Crippen molar-refractivity contribution in [2.45, 2.75) is 18.4 Å². The Hall–Kier alpha value is -2.67. The fraction of sp³-hybridized carbons (Fsp3) is 0.176. The van der Waals surface area contributed by atoms with Gasteiger partial charge in [0.2, 0.25) is 0 Å². The SMILES string of the molecule is CC(=O)CSc1ccccc1C(=O)OCc1ccccc1[N+](=O)[O-]. The average Bonchev–Trinajstić information content (AvgIpc) is 2.58. The fourth-order valence-electron chi connectivity index (χ4n) is 1.97. The Balaban J connectivity index is 2.11. The number of carbonyl (C=O) groups excluding carboxylic acids is 2. The number of hydrogen-bond acceptors (Lipinski definition) is 6. The number of nitrogens with zero attached hydrogens (tertiary/aromatic N) is 1. The number of ketones is 1. The van der Waals surface area contributed by atoms with Crippen LogP contribution in [0.4, 0.5) is 5.69 Å². The Labute approximate surface area is 143 Å². The third-order valence-electron chi connectivity index (χ3n) is 3.08. The lowest BCUT2D eigenvalue weighted by atomic mass is 10.2. The lowest BCUT2D eigenvalue weighted by molar-refractivity contribution is -0.385. The van der Waals surface area contributed by atoms with Crippen molar-refractivity contribution >= 4 is 29.2 Å². The minimum Gasteiger partial charge on any atom is -0.457 e. The zero-order valence-electron chi connectivity index (χ0n) is 12.9. The van der Waals surface area contributed by atoms with Gasteiger partial charge in [0.05, 0.1) is 21.8 Å². The third kappa shape index (κ3) is 4.66. The number of carbonyl (C=O) groups is 2. The van der Waals surface area contributed by atoms with E-state index < -0.39 is 10.9 Å². The molecule has 24 heavy (non-hydrogen) atoms. The molecule has 0 aromatic heterocycles. The molecule has 0 fully saturated rings. The molecule has 0 aliphatic heterocycles. The van der Waals surface area contributed by atoms with Crippen LogP contribution in [0.1, 0.15) is 22.8 Å². The summed E-state index contributed by atoms with van der Waals surface area (Å²) in [6.45, 7) is 1.28. The Bertz CT molecular complexity index is 775. The molecular weight excluding hydrogens is 330 g/mol. The molecule has 6 nitrogen and oxygen atoms in total. The van der Waals surface area contributed by atoms with Crippen LogP contribution in [0, 0.1) is 10.1 Å². The van der Waals surface area contributed by atoms with E-state index in [1.165, 1.54) is 24.8 Å². The molecule has 0 aliphatic rings. The second-order valence-corrected chi connectivity index (χ2v) is 5.97. The van der Waals surface area contributed by atoms with Crippen LogP contribution < -0.4 is 0 Å². The van der Waals surface area contributed by atoms with Crippen LogP contribution in [0.3, 0.4) is 0 Å². The predicted molar refractivity (Wildman–Crippen MR) is 90.1 cm³/mol. The van der Waals surface area contributed by atoms with E-state index in [2.05, 4.69) is 0 Å². The third-order valence-corrected chi connectivity index (χ3v) is 4.30. The van der Waals surface area contributed by atoms with Crippen LogP contribution in [-0.4, -0.2) is 22.4 Å². The van der Waals surface area contributed by atoms with Gasteiger partial charge >= 0.3 is 5.97 Å². The van der Waals surface area contributed by atoms with E-state index in [0.717, 1.165) is 0 Å². The lowest BCUT2D eigenvalue weighted by Crippen LogP contribution is -2.08. The molecule has 0 bridgehead atoms. The van der Waals surface area contributed by atoms with Gasteiger partial charge in [0, 0.05) is 11.0 Å². The van der Waals surface area contributed by atoms with Crippen LogP contribution >= 0.6 is 11.8 Å². The Morgan fingerprint density at radius 2 is 1.79 bits per heavy atom. The number of nitro groups is 1. The van der Waals surface area contributed by atoms with Gasteiger partial charge < -0.3 is 4.74 Å². The molecule has 0 radical (unpaired) electrons. The van der Waals surface area contributed by atoms with Gasteiger partial charge in [0.25, 0.3) is 5.69 Å². The number of hydrogen-bond donors (Lipinski definition) is 0. The van der Waals surface area contributed by atoms with Crippen molar-refractivity contribution < 1.29 is 19.2 Å². The van der Waals surface area contributed by atoms with Crippen molar-refractivity contribution in [2.24, 2.45) is 0 Å². The van der Waals surface area contributed by atoms with E-state index in [4.69, 9.17) is 4.74 Å². The maximum atomic E-state index is 12.3. The minimum atomic E-state index is -0.584. The lowest BCUT2D eigenvalue weighted by Gasteiger charge is -2.09. The van der Waals surface area contributed by atoms with Gasteiger partial charge in [-0.25, -0.2) is 4.79 Å². The van der Waals surface area contributed by atoms with Gasteiger partial charge in [0.1, 0.15) is 12.4 Å². The van der Waals surface area contributed by atoms with Crippen molar-refractivity contribution in [1.82, 2.24) is 0 Å². The van der Waals surface area contributed by atoms with Crippen molar-refractivity contribution in [1.29, 1.82) is 0 Å². The van der Waals surface area contributed by atoms with Crippen molar-refractivity contribution in [3.8, 4) is 0 Å². The number of benzene rings is 2. The second-order valence-electron chi connectivity index (χ2n) is 4.95. The average molecular weight is 345 g/mol. The summed E-state index contributed by atoms with van der Waals surface area (Å²) in [6.07, 6.45) is 0. The van der Waals surface area contributed by atoms with Gasteiger partial charge in [-0.2, -0.15) is 0 Å². The van der Waals surface area contributed by atoms with Gasteiger partial charge in [-0.15, -0.1) is 11.8 Å². The van der Waals surface area contributed by atoms with Gasteiger partial charge in [0.15, 0.2) is 0 Å². The monoisotopic (exact) mass is 345 g/mol. The molecule has 0 spiro atoms. The second kappa shape index (κ2) is 8.26. The summed E-state index contributed by atoms with van der Waals surface area (Å²) in [6, 6.07) is 12.9. The van der Waals surface area contributed by atoms with E-state index in [1.807, 2.05) is 0 Å². The first kappa shape index (κ1) is 17.7. The molecular formula is C17H15NO5S. The number of rotatable bonds is 7. The summed E-state index contributed by atoms with van der Waals surface area (Å²) in [5.74, 6) is -0.322. The maximum absolute atomic E-state index is 12.3. The highest BCUT2D eigenvalue weighted by molar-refractivity contribution is 8.00. The summed E-state index contributed by atoms with van der Waals surface area (Å²) in [4.78, 5) is 34.5. The smallest absolute Gasteiger partial charge is 0.339 e. The highest BCUT2D eigenvalue weighted by atomic mass is 32.2. The highest BCUT2D eigenvalue weighted by Crippen LogP contribution is 2.24. The van der Waals surface area contributed by atoms with Crippen molar-refractivity contribution in [3.63, 3.8) is 0 Å². The molecule has 7 heteroatoms. The van der Waals surface area contributed by atoms with Crippen LogP contribution in [0.2, 0.25) is 0 Å². The first-order valence-electron chi connectivity index (χ1n) is 7.09. The molecule has 2 aromatic carbocycles. The first-order valence-corrected chi connectivity index (χ1v) is 8.08. The summed E-state index contributed by atoms with van der Waals surface area (Å²) >= 11 is 1.25. The molecule has 2 rings (SSSR count). The van der Waals surface area contributed by atoms with Crippen molar-refractivity contribution in [2.75, 3.05) is 5.75 Å². The van der Waals surface area contributed by atoms with E-state index in [9.17, 15) is 19.7 Å².